The fraction of sp³-hybridized carbons (Fsp3) is 0.462. The molecule has 19 heavy (non-hydrogen) atoms. The molecule has 1 aliphatic rings. The van der Waals surface area contributed by atoms with E-state index >= 15 is 0 Å². The Labute approximate surface area is 112 Å². The maximum absolute atomic E-state index is 5.74. The van der Waals surface area contributed by atoms with Crippen molar-refractivity contribution in [2.75, 3.05) is 18.8 Å². The van der Waals surface area contributed by atoms with Crippen LogP contribution in [0.15, 0.2) is 30.3 Å². The van der Waals surface area contributed by atoms with Crippen molar-refractivity contribution in [2.45, 2.75) is 25.4 Å². The second-order valence-corrected chi connectivity index (χ2v) is 4.97. The Bertz CT molecular complexity index is 515. The molecule has 1 aromatic carbocycles. The number of piperidine rings is 1. The maximum atomic E-state index is 5.74. The van der Waals surface area contributed by atoms with Gasteiger partial charge in [-0.25, -0.2) is 4.68 Å². The highest BCUT2D eigenvalue weighted by Crippen LogP contribution is 2.23. The average molecular weight is 258 g/mol. The van der Waals surface area contributed by atoms with Crippen LogP contribution in [-0.2, 0) is 6.54 Å². The summed E-state index contributed by atoms with van der Waals surface area (Å²) in [5.74, 6) is 0.418. The van der Waals surface area contributed by atoms with Crippen LogP contribution in [0.2, 0.25) is 0 Å². The van der Waals surface area contributed by atoms with Crippen molar-refractivity contribution in [3.8, 4) is 0 Å². The topological polar surface area (TPSA) is 72.9 Å². The summed E-state index contributed by atoms with van der Waals surface area (Å²) in [5.41, 5.74) is 7.11. The predicted octanol–water partition coefficient (Wildman–Crippen LogP) is 1.09. The third-order valence-electron chi connectivity index (χ3n) is 3.67. The number of anilines is 1. The molecule has 0 radical (unpaired) electrons. The molecular formula is C13H18N6. The van der Waals surface area contributed by atoms with Crippen molar-refractivity contribution < 1.29 is 0 Å². The number of nitrogen functional groups attached to an aromatic ring is 1. The van der Waals surface area contributed by atoms with Gasteiger partial charge in [0.15, 0.2) is 0 Å². The monoisotopic (exact) mass is 258 g/mol. The van der Waals surface area contributed by atoms with Crippen molar-refractivity contribution in [2.24, 2.45) is 0 Å². The maximum Gasteiger partial charge on any atom is 0.240 e. The summed E-state index contributed by atoms with van der Waals surface area (Å²) < 4.78 is 1.75. The van der Waals surface area contributed by atoms with Gasteiger partial charge in [-0.15, -0.1) is 0 Å². The Balaban J connectivity index is 1.57. The lowest BCUT2D eigenvalue weighted by Gasteiger charge is -2.31. The van der Waals surface area contributed by atoms with Crippen molar-refractivity contribution in [1.82, 2.24) is 25.1 Å². The minimum Gasteiger partial charge on any atom is -0.367 e. The first kappa shape index (κ1) is 12.1. The van der Waals surface area contributed by atoms with Gasteiger partial charge in [0.25, 0.3) is 0 Å². The molecule has 1 fully saturated rings. The molecule has 0 amide bonds. The summed E-state index contributed by atoms with van der Waals surface area (Å²) in [5, 5.41) is 11.3. The van der Waals surface area contributed by atoms with E-state index in [2.05, 4.69) is 50.8 Å². The molecule has 0 aliphatic carbocycles. The molecular weight excluding hydrogens is 240 g/mol. The lowest BCUT2D eigenvalue weighted by molar-refractivity contribution is 0.173. The number of hydrogen-bond acceptors (Lipinski definition) is 5. The van der Waals surface area contributed by atoms with Crippen molar-refractivity contribution >= 4 is 5.95 Å². The van der Waals surface area contributed by atoms with Gasteiger partial charge in [0.05, 0.1) is 6.04 Å². The Morgan fingerprint density at radius 3 is 2.53 bits per heavy atom. The summed E-state index contributed by atoms with van der Waals surface area (Å²) in [6.07, 6.45) is 2.09. The number of nitrogens with zero attached hydrogens (tertiary/aromatic N) is 5. The number of nitrogens with two attached hydrogens (primary N) is 1. The minimum atomic E-state index is 0.335. The Kier molecular flexibility index (Phi) is 3.41. The second-order valence-electron chi connectivity index (χ2n) is 4.97. The SMILES string of the molecule is Nc1nnnn1C1CCN(Cc2ccccc2)CC1. The summed E-state index contributed by atoms with van der Waals surface area (Å²) >= 11 is 0. The molecule has 0 bridgehead atoms. The first-order chi connectivity index (χ1) is 9.33. The first-order valence-electron chi connectivity index (χ1n) is 6.62. The molecule has 1 aliphatic heterocycles. The number of tetrazole rings is 1. The lowest BCUT2D eigenvalue weighted by atomic mass is 10.0. The summed E-state index contributed by atoms with van der Waals surface area (Å²) in [7, 11) is 0. The number of rotatable bonds is 3. The van der Waals surface area contributed by atoms with Gasteiger partial charge in [0.1, 0.15) is 0 Å². The van der Waals surface area contributed by atoms with Crippen LogP contribution >= 0.6 is 0 Å². The standard InChI is InChI=1S/C13H18N6/c14-13-15-16-17-19(13)12-6-8-18(9-7-12)10-11-4-2-1-3-5-11/h1-5,12H,6-10H2,(H2,14,15,17). The molecule has 1 aromatic heterocycles. The van der Waals surface area contributed by atoms with Crippen molar-refractivity contribution in [3.05, 3.63) is 35.9 Å². The molecule has 100 valence electrons. The van der Waals surface area contributed by atoms with Gasteiger partial charge in [0.2, 0.25) is 5.95 Å². The van der Waals surface area contributed by atoms with Crippen LogP contribution in [0.5, 0.6) is 0 Å². The zero-order valence-corrected chi connectivity index (χ0v) is 10.8. The fourth-order valence-electron chi connectivity index (χ4n) is 2.62. The van der Waals surface area contributed by atoms with Gasteiger partial charge in [-0.1, -0.05) is 35.4 Å². The van der Waals surface area contributed by atoms with E-state index in [-0.39, 0.29) is 0 Å². The lowest BCUT2D eigenvalue weighted by Crippen LogP contribution is -2.34. The van der Waals surface area contributed by atoms with E-state index < -0.39 is 0 Å². The third-order valence-corrected chi connectivity index (χ3v) is 3.67. The van der Waals surface area contributed by atoms with Crippen LogP contribution in [0.4, 0.5) is 5.95 Å². The zero-order valence-electron chi connectivity index (χ0n) is 10.8. The molecule has 0 unspecified atom stereocenters. The minimum absolute atomic E-state index is 0.335. The van der Waals surface area contributed by atoms with Crippen LogP contribution in [0.25, 0.3) is 0 Å². The van der Waals surface area contributed by atoms with E-state index in [4.69, 9.17) is 5.73 Å². The van der Waals surface area contributed by atoms with Crippen LogP contribution in [0.3, 0.4) is 0 Å². The molecule has 0 saturated carbocycles. The van der Waals surface area contributed by atoms with Gasteiger partial charge in [-0.2, -0.15) is 0 Å². The van der Waals surface area contributed by atoms with E-state index in [0.29, 0.717) is 12.0 Å². The quantitative estimate of drug-likeness (QED) is 0.892. The number of aromatic nitrogens is 4. The summed E-state index contributed by atoms with van der Waals surface area (Å²) in [4.78, 5) is 2.46. The molecule has 0 atom stereocenters. The molecule has 2 heterocycles. The van der Waals surface area contributed by atoms with E-state index in [9.17, 15) is 0 Å². The zero-order chi connectivity index (χ0) is 13.1. The highest BCUT2D eigenvalue weighted by Gasteiger charge is 2.22. The van der Waals surface area contributed by atoms with E-state index in [1.54, 1.807) is 4.68 Å². The largest absolute Gasteiger partial charge is 0.367 e. The normalized spacial score (nSPS) is 17.7. The van der Waals surface area contributed by atoms with Gasteiger partial charge >= 0.3 is 0 Å². The summed E-state index contributed by atoms with van der Waals surface area (Å²) in [6, 6.07) is 10.9. The average Bonchev–Trinajstić information content (AvgIpc) is 2.87. The van der Waals surface area contributed by atoms with Crippen LogP contribution in [0, 0.1) is 0 Å². The third kappa shape index (κ3) is 2.73. The first-order valence-corrected chi connectivity index (χ1v) is 6.62. The van der Waals surface area contributed by atoms with E-state index in [0.717, 1.165) is 32.5 Å². The number of benzene rings is 1. The second kappa shape index (κ2) is 5.36. The van der Waals surface area contributed by atoms with Crippen LogP contribution in [-0.4, -0.2) is 38.2 Å². The van der Waals surface area contributed by atoms with Gasteiger partial charge in [-0.3, -0.25) is 4.90 Å². The van der Waals surface area contributed by atoms with Crippen molar-refractivity contribution in [3.63, 3.8) is 0 Å². The molecule has 2 N–H and O–H groups in total. The van der Waals surface area contributed by atoms with Gasteiger partial charge < -0.3 is 5.73 Å². The van der Waals surface area contributed by atoms with Crippen LogP contribution in [0.1, 0.15) is 24.4 Å². The highest BCUT2D eigenvalue weighted by atomic mass is 15.6. The summed E-state index contributed by atoms with van der Waals surface area (Å²) in [6.45, 7) is 3.12. The van der Waals surface area contributed by atoms with Crippen LogP contribution < -0.4 is 5.73 Å². The highest BCUT2D eigenvalue weighted by molar-refractivity contribution is 5.15. The fourth-order valence-corrected chi connectivity index (χ4v) is 2.62. The predicted molar refractivity (Wildman–Crippen MR) is 72.2 cm³/mol. The molecule has 6 nitrogen and oxygen atoms in total. The van der Waals surface area contributed by atoms with E-state index in [1.165, 1.54) is 5.56 Å². The van der Waals surface area contributed by atoms with E-state index in [1.807, 2.05) is 0 Å². The number of hydrogen-bond donors (Lipinski definition) is 1. The molecule has 6 heteroatoms. The molecule has 1 saturated heterocycles. The Hall–Kier alpha value is -1.95. The molecule has 2 aromatic rings. The smallest absolute Gasteiger partial charge is 0.240 e. The number of likely N-dealkylation sites (tertiary alicyclic amines) is 1. The Morgan fingerprint density at radius 2 is 1.89 bits per heavy atom. The Morgan fingerprint density at radius 1 is 1.16 bits per heavy atom. The molecule has 0 spiro atoms. The van der Waals surface area contributed by atoms with Gasteiger partial charge in [-0.05, 0) is 28.8 Å². The molecule has 3 rings (SSSR count). The van der Waals surface area contributed by atoms with Crippen molar-refractivity contribution in [1.29, 1.82) is 0 Å². The van der Waals surface area contributed by atoms with Gasteiger partial charge in [0, 0.05) is 19.6 Å².